The summed E-state index contributed by atoms with van der Waals surface area (Å²) in [5.41, 5.74) is -0.459. The maximum atomic E-state index is 12.1. The third kappa shape index (κ3) is 4.86. The van der Waals surface area contributed by atoms with Gasteiger partial charge in [-0.1, -0.05) is 48.2 Å². The Balaban J connectivity index is 2.92. The summed E-state index contributed by atoms with van der Waals surface area (Å²) in [7, 11) is 2.46. The van der Waals surface area contributed by atoms with E-state index in [1.54, 1.807) is 6.08 Å². The molecule has 120 valence electrons. The monoisotopic (exact) mass is 312 g/mol. The molecule has 1 aromatic rings. The molecule has 23 heavy (non-hydrogen) atoms. The van der Waals surface area contributed by atoms with Crippen LogP contribution in [-0.4, -0.2) is 26.2 Å². The molecule has 0 saturated carbocycles. The number of allylic oxidation sites excluding steroid dienone is 2. The predicted octanol–water partition coefficient (Wildman–Crippen LogP) is 3.00. The lowest BCUT2D eigenvalue weighted by Gasteiger charge is -2.24. The van der Waals surface area contributed by atoms with E-state index in [0.717, 1.165) is 5.56 Å². The first-order valence-electron chi connectivity index (χ1n) is 7.08. The maximum absolute atomic E-state index is 12.1. The molecule has 1 rings (SSSR count). The van der Waals surface area contributed by atoms with Crippen LogP contribution in [0.5, 0.6) is 0 Å². The highest BCUT2D eigenvalue weighted by molar-refractivity contribution is 6.00. The summed E-state index contributed by atoms with van der Waals surface area (Å²) < 4.78 is 9.49. The standard InChI is InChI=1S/C19H20O4/c1-4-14-19(17(20)22-2,18(21)23-3)15-10-6-9-13-16-11-7-5-8-12-16/h4-5,7-9,11-13H,1,14-15H2,2-3H3/b13-9+. The zero-order valence-electron chi connectivity index (χ0n) is 13.4. The van der Waals surface area contributed by atoms with Crippen molar-refractivity contribution in [1.29, 1.82) is 0 Å². The molecular weight excluding hydrogens is 292 g/mol. The number of hydrogen-bond donors (Lipinski definition) is 0. The number of carbonyl (C=O) groups excluding carboxylic acids is 2. The zero-order valence-corrected chi connectivity index (χ0v) is 13.4. The van der Waals surface area contributed by atoms with Gasteiger partial charge in [0, 0.05) is 6.42 Å². The summed E-state index contributed by atoms with van der Waals surface area (Å²) in [4.78, 5) is 24.1. The minimum absolute atomic E-state index is 0.00248. The molecule has 4 heteroatoms. The number of carbonyl (C=O) groups is 2. The van der Waals surface area contributed by atoms with E-state index in [9.17, 15) is 9.59 Å². The number of esters is 2. The van der Waals surface area contributed by atoms with Gasteiger partial charge in [0.1, 0.15) is 0 Å². The molecule has 0 aliphatic heterocycles. The largest absolute Gasteiger partial charge is 0.468 e. The van der Waals surface area contributed by atoms with Crippen LogP contribution >= 0.6 is 0 Å². The number of hydrogen-bond acceptors (Lipinski definition) is 4. The number of benzene rings is 1. The summed E-state index contributed by atoms with van der Waals surface area (Å²) in [6, 6.07) is 9.68. The summed E-state index contributed by atoms with van der Waals surface area (Å²) in [6.45, 7) is 3.59. The third-order valence-corrected chi connectivity index (χ3v) is 3.30. The van der Waals surface area contributed by atoms with Crippen molar-refractivity contribution in [1.82, 2.24) is 0 Å². The number of rotatable bonds is 6. The van der Waals surface area contributed by atoms with Gasteiger partial charge >= 0.3 is 11.9 Å². The van der Waals surface area contributed by atoms with E-state index in [1.165, 1.54) is 20.3 Å². The van der Waals surface area contributed by atoms with Crippen molar-refractivity contribution in [3.8, 4) is 11.8 Å². The molecule has 0 aromatic heterocycles. The molecule has 0 unspecified atom stereocenters. The SMILES string of the molecule is C=CCC(CC#C/C=C/c1ccccc1)(C(=O)OC)C(=O)OC. The highest BCUT2D eigenvalue weighted by Crippen LogP contribution is 2.30. The van der Waals surface area contributed by atoms with Crippen LogP contribution in [0, 0.1) is 17.3 Å². The first-order chi connectivity index (χ1) is 11.1. The number of methoxy groups -OCH3 is 2. The first-order valence-corrected chi connectivity index (χ1v) is 7.08. The molecule has 0 spiro atoms. The second-order valence-corrected chi connectivity index (χ2v) is 4.80. The molecule has 4 nitrogen and oxygen atoms in total. The molecule has 0 aliphatic carbocycles. The Morgan fingerprint density at radius 3 is 2.30 bits per heavy atom. The summed E-state index contributed by atoms with van der Waals surface area (Å²) in [5, 5.41) is 0. The van der Waals surface area contributed by atoms with E-state index in [0.29, 0.717) is 0 Å². The van der Waals surface area contributed by atoms with Gasteiger partial charge in [-0.25, -0.2) is 0 Å². The van der Waals surface area contributed by atoms with E-state index >= 15 is 0 Å². The Morgan fingerprint density at radius 2 is 1.78 bits per heavy atom. The minimum atomic E-state index is -1.47. The third-order valence-electron chi connectivity index (χ3n) is 3.30. The van der Waals surface area contributed by atoms with E-state index in [4.69, 9.17) is 9.47 Å². The zero-order chi connectivity index (χ0) is 17.1. The Bertz CT molecular complexity index is 616. The molecular formula is C19H20O4. The van der Waals surface area contributed by atoms with Crippen molar-refractivity contribution >= 4 is 18.0 Å². The van der Waals surface area contributed by atoms with Crippen molar-refractivity contribution < 1.29 is 19.1 Å². The second kappa shape index (κ2) is 9.26. The topological polar surface area (TPSA) is 52.6 Å². The molecule has 0 aliphatic rings. The predicted molar refractivity (Wildman–Crippen MR) is 89.1 cm³/mol. The van der Waals surface area contributed by atoms with Gasteiger partial charge in [0.15, 0.2) is 5.41 Å². The Hall–Kier alpha value is -2.80. The minimum Gasteiger partial charge on any atom is -0.468 e. The highest BCUT2D eigenvalue weighted by Gasteiger charge is 2.46. The molecule has 0 heterocycles. The van der Waals surface area contributed by atoms with Gasteiger partial charge in [0.05, 0.1) is 14.2 Å². The fraction of sp³-hybridized carbons (Fsp3) is 0.263. The van der Waals surface area contributed by atoms with Crippen LogP contribution in [0.3, 0.4) is 0 Å². The summed E-state index contributed by atoms with van der Waals surface area (Å²) >= 11 is 0. The van der Waals surface area contributed by atoms with Crippen LogP contribution in [0.4, 0.5) is 0 Å². The smallest absolute Gasteiger partial charge is 0.324 e. The Labute approximate surface area is 136 Å². The summed E-state index contributed by atoms with van der Waals surface area (Å²) in [6.07, 6.45) is 5.09. The molecule has 1 aromatic carbocycles. The lowest BCUT2D eigenvalue weighted by molar-refractivity contribution is -0.168. The molecule has 0 bridgehead atoms. The normalized spacial score (nSPS) is 10.5. The van der Waals surface area contributed by atoms with Crippen LogP contribution in [0.1, 0.15) is 18.4 Å². The summed E-state index contributed by atoms with van der Waals surface area (Å²) in [5.74, 6) is 4.30. The van der Waals surface area contributed by atoms with Crippen molar-refractivity contribution in [2.45, 2.75) is 12.8 Å². The van der Waals surface area contributed by atoms with E-state index in [-0.39, 0.29) is 12.8 Å². The van der Waals surface area contributed by atoms with Gasteiger partial charge in [-0.2, -0.15) is 0 Å². The van der Waals surface area contributed by atoms with Gasteiger partial charge in [0.2, 0.25) is 0 Å². The Kier molecular flexibility index (Phi) is 7.35. The van der Waals surface area contributed by atoms with Crippen LogP contribution in [0.25, 0.3) is 6.08 Å². The van der Waals surface area contributed by atoms with Crippen molar-refractivity contribution in [2.24, 2.45) is 5.41 Å². The highest BCUT2D eigenvalue weighted by atomic mass is 16.5. The quantitative estimate of drug-likeness (QED) is 0.351. The van der Waals surface area contributed by atoms with Crippen LogP contribution in [0.2, 0.25) is 0 Å². The second-order valence-electron chi connectivity index (χ2n) is 4.80. The van der Waals surface area contributed by atoms with Gasteiger partial charge in [-0.3, -0.25) is 9.59 Å². The van der Waals surface area contributed by atoms with E-state index < -0.39 is 17.4 Å². The van der Waals surface area contributed by atoms with Gasteiger partial charge in [-0.05, 0) is 24.1 Å². The van der Waals surface area contributed by atoms with Crippen LogP contribution < -0.4 is 0 Å². The van der Waals surface area contributed by atoms with Crippen molar-refractivity contribution in [3.05, 3.63) is 54.6 Å². The van der Waals surface area contributed by atoms with E-state index in [1.807, 2.05) is 36.4 Å². The average molecular weight is 312 g/mol. The first kappa shape index (κ1) is 18.2. The molecule has 0 radical (unpaired) electrons. The molecule has 0 atom stereocenters. The molecule has 0 saturated heterocycles. The fourth-order valence-electron chi connectivity index (χ4n) is 2.07. The maximum Gasteiger partial charge on any atom is 0.324 e. The van der Waals surface area contributed by atoms with Gasteiger partial charge < -0.3 is 9.47 Å². The van der Waals surface area contributed by atoms with Gasteiger partial charge in [-0.15, -0.1) is 6.58 Å². The number of ether oxygens (including phenoxy) is 2. The van der Waals surface area contributed by atoms with E-state index in [2.05, 4.69) is 18.4 Å². The molecule has 0 amide bonds. The van der Waals surface area contributed by atoms with Crippen LogP contribution in [0.15, 0.2) is 49.1 Å². The molecule has 0 fully saturated rings. The van der Waals surface area contributed by atoms with Crippen molar-refractivity contribution in [3.63, 3.8) is 0 Å². The average Bonchev–Trinajstić information content (AvgIpc) is 2.60. The lowest BCUT2D eigenvalue weighted by atomic mass is 9.81. The molecule has 0 N–H and O–H groups in total. The lowest BCUT2D eigenvalue weighted by Crippen LogP contribution is -2.40. The van der Waals surface area contributed by atoms with Gasteiger partial charge in [0.25, 0.3) is 0 Å². The fourth-order valence-corrected chi connectivity index (χ4v) is 2.07. The Morgan fingerprint density at radius 1 is 1.17 bits per heavy atom. The van der Waals surface area contributed by atoms with Crippen LogP contribution in [-0.2, 0) is 19.1 Å². The van der Waals surface area contributed by atoms with Crippen molar-refractivity contribution in [2.75, 3.05) is 14.2 Å².